The standard InChI is InChI=1S/C17H18ClN3O3S/c1-22-14-7-11(8-15(23-2)16(14)24-3)10-19-21-17(25)20-13-6-4-5-12(18)9-13/h4-10H,1-3H3,(H2,20,21,25)/b19-10+. The molecule has 0 unspecified atom stereocenters. The molecule has 0 aliphatic heterocycles. The summed E-state index contributed by atoms with van der Waals surface area (Å²) < 4.78 is 15.9. The molecule has 0 radical (unpaired) electrons. The van der Waals surface area contributed by atoms with E-state index in [1.165, 1.54) is 0 Å². The summed E-state index contributed by atoms with van der Waals surface area (Å²) in [7, 11) is 4.66. The van der Waals surface area contributed by atoms with Crippen molar-refractivity contribution in [1.29, 1.82) is 0 Å². The fourth-order valence-corrected chi connectivity index (χ4v) is 2.43. The van der Waals surface area contributed by atoms with Crippen molar-refractivity contribution in [1.82, 2.24) is 5.43 Å². The first-order chi connectivity index (χ1) is 12.1. The van der Waals surface area contributed by atoms with Crippen LogP contribution in [0.1, 0.15) is 5.56 Å². The lowest BCUT2D eigenvalue weighted by Crippen LogP contribution is -2.23. The molecule has 2 N–H and O–H groups in total. The molecule has 0 fully saturated rings. The number of hydrogen-bond acceptors (Lipinski definition) is 5. The van der Waals surface area contributed by atoms with Gasteiger partial charge in [-0.1, -0.05) is 17.7 Å². The van der Waals surface area contributed by atoms with E-state index in [0.29, 0.717) is 27.4 Å². The first kappa shape index (κ1) is 18.8. The van der Waals surface area contributed by atoms with Gasteiger partial charge in [-0.15, -0.1) is 0 Å². The molecule has 2 aromatic rings. The number of hydrogen-bond donors (Lipinski definition) is 2. The van der Waals surface area contributed by atoms with E-state index in [-0.39, 0.29) is 0 Å². The molecular formula is C17H18ClN3O3S. The number of hydrazone groups is 1. The molecule has 0 heterocycles. The van der Waals surface area contributed by atoms with Crippen molar-refractivity contribution in [2.24, 2.45) is 5.10 Å². The maximum absolute atomic E-state index is 5.93. The summed E-state index contributed by atoms with van der Waals surface area (Å²) in [6.07, 6.45) is 1.59. The highest BCUT2D eigenvalue weighted by Gasteiger charge is 2.12. The van der Waals surface area contributed by atoms with Gasteiger partial charge in [0.15, 0.2) is 16.6 Å². The zero-order chi connectivity index (χ0) is 18.2. The Balaban J connectivity index is 2.05. The Hall–Kier alpha value is -2.51. The van der Waals surface area contributed by atoms with E-state index in [9.17, 15) is 0 Å². The van der Waals surface area contributed by atoms with Crippen LogP contribution in [-0.4, -0.2) is 32.7 Å². The van der Waals surface area contributed by atoms with Gasteiger partial charge in [0.25, 0.3) is 0 Å². The Labute approximate surface area is 156 Å². The highest BCUT2D eigenvalue weighted by Crippen LogP contribution is 2.37. The number of anilines is 1. The van der Waals surface area contributed by atoms with Crippen LogP contribution >= 0.6 is 23.8 Å². The summed E-state index contributed by atoms with van der Waals surface area (Å²) in [5.74, 6) is 1.61. The Kier molecular flexibility index (Phi) is 6.85. The maximum atomic E-state index is 5.93. The number of thiocarbonyl (C=S) groups is 1. The molecule has 2 rings (SSSR count). The van der Waals surface area contributed by atoms with Crippen LogP contribution < -0.4 is 25.0 Å². The third kappa shape index (κ3) is 5.23. The molecule has 6 nitrogen and oxygen atoms in total. The second-order valence-electron chi connectivity index (χ2n) is 4.79. The lowest BCUT2D eigenvalue weighted by atomic mass is 10.2. The molecule has 132 valence electrons. The summed E-state index contributed by atoms with van der Waals surface area (Å²) in [5, 5.41) is 8.05. The van der Waals surface area contributed by atoms with Gasteiger partial charge in [0.1, 0.15) is 0 Å². The fraction of sp³-hybridized carbons (Fsp3) is 0.176. The molecular weight excluding hydrogens is 362 g/mol. The first-order valence-corrected chi connectivity index (χ1v) is 8.01. The van der Waals surface area contributed by atoms with Gasteiger partial charge in [-0.2, -0.15) is 5.10 Å². The van der Waals surface area contributed by atoms with Crippen LogP contribution in [-0.2, 0) is 0 Å². The first-order valence-electron chi connectivity index (χ1n) is 7.23. The third-order valence-corrected chi connectivity index (χ3v) is 3.58. The van der Waals surface area contributed by atoms with Crippen molar-refractivity contribution in [2.45, 2.75) is 0 Å². The molecule has 0 atom stereocenters. The van der Waals surface area contributed by atoms with Crippen molar-refractivity contribution in [3.05, 3.63) is 47.0 Å². The van der Waals surface area contributed by atoms with Crippen molar-refractivity contribution < 1.29 is 14.2 Å². The second kappa shape index (κ2) is 9.10. The minimum atomic E-state index is 0.339. The highest BCUT2D eigenvalue weighted by atomic mass is 35.5. The van der Waals surface area contributed by atoms with Crippen molar-refractivity contribution in [3.63, 3.8) is 0 Å². The molecule has 0 aliphatic rings. The largest absolute Gasteiger partial charge is 0.493 e. The lowest BCUT2D eigenvalue weighted by Gasteiger charge is -2.12. The molecule has 0 amide bonds. The van der Waals surface area contributed by atoms with Crippen LogP contribution in [0.25, 0.3) is 0 Å². The van der Waals surface area contributed by atoms with Gasteiger partial charge in [-0.3, -0.25) is 5.43 Å². The molecule has 0 spiro atoms. The molecule has 0 bridgehead atoms. The molecule has 0 aliphatic carbocycles. The van der Waals surface area contributed by atoms with Gasteiger partial charge in [-0.05, 0) is 42.5 Å². The fourth-order valence-electron chi connectivity index (χ4n) is 2.07. The topological polar surface area (TPSA) is 64.1 Å². The summed E-state index contributed by atoms with van der Waals surface area (Å²) in [5.41, 5.74) is 4.26. The van der Waals surface area contributed by atoms with Gasteiger partial charge >= 0.3 is 0 Å². The van der Waals surface area contributed by atoms with Crippen LogP contribution in [0.5, 0.6) is 17.2 Å². The minimum absolute atomic E-state index is 0.339. The van der Waals surface area contributed by atoms with Gasteiger partial charge in [0, 0.05) is 16.3 Å². The number of halogens is 1. The smallest absolute Gasteiger partial charge is 0.203 e. The Morgan fingerprint density at radius 1 is 1.08 bits per heavy atom. The van der Waals surface area contributed by atoms with E-state index in [0.717, 1.165) is 11.3 Å². The summed E-state index contributed by atoms with van der Waals surface area (Å²) in [4.78, 5) is 0. The van der Waals surface area contributed by atoms with Gasteiger partial charge in [0.05, 0.1) is 27.5 Å². The van der Waals surface area contributed by atoms with Crippen molar-refractivity contribution in [2.75, 3.05) is 26.6 Å². The molecule has 25 heavy (non-hydrogen) atoms. The quantitative estimate of drug-likeness (QED) is 0.453. The van der Waals surface area contributed by atoms with E-state index in [1.807, 2.05) is 12.1 Å². The third-order valence-electron chi connectivity index (χ3n) is 3.15. The molecule has 0 aromatic heterocycles. The highest BCUT2D eigenvalue weighted by molar-refractivity contribution is 7.80. The number of nitrogens with one attached hydrogen (secondary N) is 2. The SMILES string of the molecule is COc1cc(/C=N/NC(=S)Nc2cccc(Cl)c2)cc(OC)c1OC. The van der Waals surface area contributed by atoms with Crippen molar-refractivity contribution in [3.8, 4) is 17.2 Å². The normalized spacial score (nSPS) is 10.4. The zero-order valence-electron chi connectivity index (χ0n) is 14.0. The monoisotopic (exact) mass is 379 g/mol. The molecule has 8 heteroatoms. The van der Waals surface area contributed by atoms with E-state index >= 15 is 0 Å². The number of benzene rings is 2. The van der Waals surface area contributed by atoms with E-state index in [2.05, 4.69) is 15.8 Å². The van der Waals surface area contributed by atoms with Crippen molar-refractivity contribution >= 4 is 40.8 Å². The predicted molar refractivity (Wildman–Crippen MR) is 105 cm³/mol. The van der Waals surface area contributed by atoms with E-state index < -0.39 is 0 Å². The minimum Gasteiger partial charge on any atom is -0.493 e. The average Bonchev–Trinajstić information content (AvgIpc) is 2.60. The van der Waals surface area contributed by atoms with E-state index in [4.69, 9.17) is 38.0 Å². The molecule has 2 aromatic carbocycles. The number of ether oxygens (including phenoxy) is 3. The number of methoxy groups -OCH3 is 3. The van der Waals surface area contributed by atoms with Crippen LogP contribution in [0.2, 0.25) is 5.02 Å². The summed E-state index contributed by atoms with van der Waals surface area (Å²) in [6, 6.07) is 10.8. The average molecular weight is 380 g/mol. The van der Waals surface area contributed by atoms with Crippen LogP contribution in [0.3, 0.4) is 0 Å². The second-order valence-corrected chi connectivity index (χ2v) is 5.64. The maximum Gasteiger partial charge on any atom is 0.203 e. The van der Waals surface area contributed by atoms with Gasteiger partial charge in [0.2, 0.25) is 5.75 Å². The molecule has 0 saturated carbocycles. The summed E-state index contributed by atoms with van der Waals surface area (Å²) >= 11 is 11.1. The zero-order valence-corrected chi connectivity index (χ0v) is 15.6. The molecule has 0 saturated heterocycles. The van der Waals surface area contributed by atoms with Gasteiger partial charge < -0.3 is 19.5 Å². The van der Waals surface area contributed by atoms with Crippen LogP contribution in [0.4, 0.5) is 5.69 Å². The Morgan fingerprint density at radius 3 is 2.32 bits per heavy atom. The Morgan fingerprint density at radius 2 is 1.76 bits per heavy atom. The van der Waals surface area contributed by atoms with E-state index in [1.54, 1.807) is 51.8 Å². The van der Waals surface area contributed by atoms with Gasteiger partial charge in [-0.25, -0.2) is 0 Å². The lowest BCUT2D eigenvalue weighted by molar-refractivity contribution is 0.324. The Bertz CT molecular complexity index is 758. The summed E-state index contributed by atoms with van der Waals surface area (Å²) in [6.45, 7) is 0. The van der Waals surface area contributed by atoms with Crippen LogP contribution in [0.15, 0.2) is 41.5 Å². The number of rotatable bonds is 6. The predicted octanol–water partition coefficient (Wildman–Crippen LogP) is 3.69. The number of nitrogens with zero attached hydrogens (tertiary/aromatic N) is 1. The van der Waals surface area contributed by atoms with Crippen LogP contribution in [0, 0.1) is 0 Å².